The largest absolute Gasteiger partial charge is 0.269 e. The standard InChI is InChI=1S/C14H12N2O2S/c1-8-2-3-9-10(7-15)14(19-11(9)6-8)16-12(17)4-5-13(16)18/h4-5,8H,2-3,6H2,1H3/t8-/m1/s1. The van der Waals surface area contributed by atoms with Gasteiger partial charge in [-0.1, -0.05) is 6.92 Å². The lowest BCUT2D eigenvalue weighted by Gasteiger charge is -2.17. The smallest absolute Gasteiger partial charge is 0.258 e. The zero-order valence-electron chi connectivity index (χ0n) is 10.5. The molecule has 3 rings (SSSR count). The Bertz CT molecular complexity index is 633. The maximum atomic E-state index is 11.7. The molecule has 2 aliphatic rings. The van der Waals surface area contributed by atoms with Gasteiger partial charge in [0.15, 0.2) is 0 Å². The van der Waals surface area contributed by atoms with Crippen LogP contribution >= 0.6 is 11.3 Å². The van der Waals surface area contributed by atoms with Crippen LogP contribution in [0.25, 0.3) is 0 Å². The van der Waals surface area contributed by atoms with Crippen molar-refractivity contribution in [3.8, 4) is 6.07 Å². The first-order valence-corrected chi connectivity index (χ1v) is 7.04. The highest BCUT2D eigenvalue weighted by Gasteiger charge is 2.33. The molecule has 1 aliphatic carbocycles. The minimum absolute atomic E-state index is 0.354. The summed E-state index contributed by atoms with van der Waals surface area (Å²) in [6.45, 7) is 2.18. The number of anilines is 1. The Kier molecular flexibility index (Phi) is 2.76. The molecule has 0 unspecified atom stereocenters. The van der Waals surface area contributed by atoms with Gasteiger partial charge < -0.3 is 0 Å². The second-order valence-electron chi connectivity index (χ2n) is 4.99. The summed E-state index contributed by atoms with van der Waals surface area (Å²) in [5, 5.41) is 9.85. The van der Waals surface area contributed by atoms with E-state index in [4.69, 9.17) is 0 Å². The van der Waals surface area contributed by atoms with Crippen LogP contribution in [0, 0.1) is 17.2 Å². The fourth-order valence-corrected chi connectivity index (χ4v) is 4.08. The molecule has 0 saturated carbocycles. The third-order valence-electron chi connectivity index (χ3n) is 3.62. The Morgan fingerprint density at radius 2 is 2.05 bits per heavy atom. The number of fused-ring (bicyclic) bond motifs is 1. The Morgan fingerprint density at radius 3 is 2.68 bits per heavy atom. The molecule has 1 aliphatic heterocycles. The van der Waals surface area contributed by atoms with Gasteiger partial charge in [-0.3, -0.25) is 9.59 Å². The van der Waals surface area contributed by atoms with Crippen LogP contribution in [-0.2, 0) is 22.4 Å². The fourth-order valence-electron chi connectivity index (χ4n) is 2.61. The van der Waals surface area contributed by atoms with Crippen molar-refractivity contribution >= 4 is 28.2 Å². The third kappa shape index (κ3) is 1.80. The summed E-state index contributed by atoms with van der Waals surface area (Å²) in [6.07, 6.45) is 5.35. The maximum absolute atomic E-state index is 11.7. The van der Waals surface area contributed by atoms with Crippen molar-refractivity contribution in [1.29, 1.82) is 5.26 Å². The quantitative estimate of drug-likeness (QED) is 0.736. The molecule has 5 heteroatoms. The van der Waals surface area contributed by atoms with Crippen molar-refractivity contribution in [1.82, 2.24) is 0 Å². The lowest BCUT2D eigenvalue weighted by molar-refractivity contribution is -0.119. The summed E-state index contributed by atoms with van der Waals surface area (Å²) >= 11 is 1.42. The van der Waals surface area contributed by atoms with Crippen LogP contribution in [0.5, 0.6) is 0 Å². The molecule has 0 N–H and O–H groups in total. The van der Waals surface area contributed by atoms with Crippen molar-refractivity contribution < 1.29 is 9.59 Å². The van der Waals surface area contributed by atoms with Crippen LogP contribution in [0.4, 0.5) is 5.00 Å². The minimum Gasteiger partial charge on any atom is -0.269 e. The molecule has 0 aromatic carbocycles. The number of rotatable bonds is 1. The molecule has 1 atom stereocenters. The van der Waals surface area contributed by atoms with Crippen LogP contribution in [0.15, 0.2) is 12.2 Å². The number of carbonyl (C=O) groups is 2. The van der Waals surface area contributed by atoms with E-state index in [0.29, 0.717) is 16.5 Å². The molecule has 19 heavy (non-hydrogen) atoms. The number of amides is 2. The Labute approximate surface area is 114 Å². The summed E-state index contributed by atoms with van der Waals surface area (Å²) in [4.78, 5) is 25.8. The highest BCUT2D eigenvalue weighted by atomic mass is 32.1. The molecular formula is C14H12N2O2S. The van der Waals surface area contributed by atoms with Gasteiger partial charge in [-0.05, 0) is 30.7 Å². The van der Waals surface area contributed by atoms with E-state index in [2.05, 4.69) is 13.0 Å². The lowest BCUT2D eigenvalue weighted by Crippen LogP contribution is -2.29. The van der Waals surface area contributed by atoms with E-state index in [1.807, 2.05) is 0 Å². The molecule has 0 bridgehead atoms. The monoisotopic (exact) mass is 272 g/mol. The number of carbonyl (C=O) groups excluding carboxylic acids is 2. The summed E-state index contributed by atoms with van der Waals surface area (Å²) < 4.78 is 0. The predicted molar refractivity (Wildman–Crippen MR) is 71.9 cm³/mol. The molecule has 2 heterocycles. The van der Waals surface area contributed by atoms with Gasteiger partial charge in [0.05, 0.1) is 5.56 Å². The summed E-state index contributed by atoms with van der Waals surface area (Å²) in [7, 11) is 0. The van der Waals surface area contributed by atoms with Gasteiger partial charge in [0.2, 0.25) is 0 Å². The van der Waals surface area contributed by atoms with E-state index in [1.54, 1.807) is 0 Å². The van der Waals surface area contributed by atoms with Gasteiger partial charge in [0.25, 0.3) is 11.8 Å². The molecule has 96 valence electrons. The summed E-state index contributed by atoms with van der Waals surface area (Å²) in [5.74, 6) is -0.116. The van der Waals surface area contributed by atoms with Gasteiger partial charge >= 0.3 is 0 Å². The van der Waals surface area contributed by atoms with Crippen LogP contribution in [0.3, 0.4) is 0 Å². The lowest BCUT2D eigenvalue weighted by atomic mass is 9.88. The average Bonchev–Trinajstić information content (AvgIpc) is 2.88. The fraction of sp³-hybridized carbons (Fsp3) is 0.357. The Hall–Kier alpha value is -1.93. The zero-order valence-corrected chi connectivity index (χ0v) is 11.3. The number of hydrogen-bond acceptors (Lipinski definition) is 4. The first-order chi connectivity index (χ1) is 9.11. The van der Waals surface area contributed by atoms with Crippen LogP contribution < -0.4 is 4.90 Å². The topological polar surface area (TPSA) is 61.2 Å². The van der Waals surface area contributed by atoms with E-state index in [-0.39, 0.29) is 11.8 Å². The predicted octanol–water partition coefficient (Wildman–Crippen LogP) is 2.17. The Morgan fingerprint density at radius 1 is 1.37 bits per heavy atom. The highest BCUT2D eigenvalue weighted by Crippen LogP contribution is 2.41. The van der Waals surface area contributed by atoms with Gasteiger partial charge in [-0.2, -0.15) is 5.26 Å². The molecule has 1 aromatic heterocycles. The number of imide groups is 1. The molecule has 0 radical (unpaired) electrons. The average molecular weight is 272 g/mol. The van der Waals surface area contributed by atoms with Crippen molar-refractivity contribution in [2.24, 2.45) is 5.92 Å². The number of nitrogens with zero attached hydrogens (tertiary/aromatic N) is 2. The van der Waals surface area contributed by atoms with Crippen LogP contribution in [0.2, 0.25) is 0 Å². The number of hydrogen-bond donors (Lipinski definition) is 0. The third-order valence-corrected chi connectivity index (χ3v) is 4.86. The van der Waals surface area contributed by atoms with E-state index in [9.17, 15) is 14.9 Å². The Balaban J connectivity index is 2.11. The molecule has 2 amide bonds. The molecule has 0 saturated heterocycles. The van der Waals surface area contributed by atoms with E-state index >= 15 is 0 Å². The van der Waals surface area contributed by atoms with E-state index in [1.165, 1.54) is 23.5 Å². The molecule has 0 spiro atoms. The van der Waals surface area contributed by atoms with Gasteiger partial charge in [0, 0.05) is 17.0 Å². The number of nitriles is 1. The van der Waals surface area contributed by atoms with E-state index < -0.39 is 0 Å². The second-order valence-corrected chi connectivity index (χ2v) is 6.07. The maximum Gasteiger partial charge on any atom is 0.258 e. The van der Waals surface area contributed by atoms with Crippen molar-refractivity contribution in [2.75, 3.05) is 4.90 Å². The minimum atomic E-state index is -0.354. The molecular weight excluding hydrogens is 260 g/mol. The summed E-state index contributed by atoms with van der Waals surface area (Å²) in [6, 6.07) is 2.17. The SMILES string of the molecule is C[C@@H]1CCc2c(sc(N3C(=O)C=CC3=O)c2C#N)C1. The van der Waals surface area contributed by atoms with Crippen molar-refractivity contribution in [3.63, 3.8) is 0 Å². The first kappa shape index (κ1) is 12.1. The van der Waals surface area contributed by atoms with Crippen molar-refractivity contribution in [3.05, 3.63) is 28.2 Å². The highest BCUT2D eigenvalue weighted by molar-refractivity contribution is 7.17. The van der Waals surface area contributed by atoms with Gasteiger partial charge in [-0.25, -0.2) is 4.90 Å². The zero-order chi connectivity index (χ0) is 13.6. The molecule has 4 nitrogen and oxygen atoms in total. The normalized spacial score (nSPS) is 21.7. The second kappa shape index (κ2) is 4.32. The van der Waals surface area contributed by atoms with E-state index in [0.717, 1.165) is 34.6 Å². The van der Waals surface area contributed by atoms with Gasteiger partial charge in [-0.15, -0.1) is 11.3 Å². The van der Waals surface area contributed by atoms with Crippen LogP contribution in [-0.4, -0.2) is 11.8 Å². The van der Waals surface area contributed by atoms with Crippen LogP contribution in [0.1, 0.15) is 29.3 Å². The van der Waals surface area contributed by atoms with Gasteiger partial charge in [0.1, 0.15) is 11.1 Å². The summed E-state index contributed by atoms with van der Waals surface area (Å²) in [5.41, 5.74) is 1.55. The molecule has 1 aromatic rings. The van der Waals surface area contributed by atoms with Crippen molar-refractivity contribution in [2.45, 2.75) is 26.2 Å². The first-order valence-electron chi connectivity index (χ1n) is 6.22. The molecule has 0 fully saturated rings. The number of thiophene rings is 1.